The van der Waals surface area contributed by atoms with E-state index in [1.165, 1.54) is 161 Å². The molecule has 0 heterocycles. The second-order valence-electron chi connectivity index (χ2n) is 23.1. The molecule has 0 aromatic carbocycles. The molecule has 0 aliphatic carbocycles. The minimum atomic E-state index is -0.793. The topological polar surface area (TPSA) is 78.9 Å². The average Bonchev–Trinajstić information content (AvgIpc) is 3.49. The van der Waals surface area contributed by atoms with Crippen molar-refractivity contribution in [1.82, 2.24) is 0 Å². The molecule has 0 spiro atoms. The SMILES string of the molecule is CC/C=C\C/C=C\C/C=C\C/C=C\C/C=C\CCCCCCCCCCCCCCCC(=O)OCC(COC(=O)CCCCCCCCC/C=C\C/C=C\CCCCC)OC(=O)CCCCCCCC/C=C\C/C=C\C/C=C\CCCCC. The first-order valence-corrected chi connectivity index (χ1v) is 35.0. The van der Waals surface area contributed by atoms with Crippen molar-refractivity contribution in [3.05, 3.63) is 122 Å². The largest absolute Gasteiger partial charge is 0.462 e. The summed E-state index contributed by atoms with van der Waals surface area (Å²) >= 11 is 0. The summed E-state index contributed by atoms with van der Waals surface area (Å²) in [5, 5.41) is 0. The molecule has 1 atom stereocenters. The first kappa shape index (κ1) is 78.8. The van der Waals surface area contributed by atoms with Crippen LogP contribution < -0.4 is 0 Å². The maximum Gasteiger partial charge on any atom is 0.306 e. The zero-order chi connectivity index (χ0) is 59.9. The molecule has 0 amide bonds. The fourth-order valence-electron chi connectivity index (χ4n) is 9.68. The maximum atomic E-state index is 13.0. The van der Waals surface area contributed by atoms with E-state index < -0.39 is 6.10 Å². The molecule has 0 rings (SSSR count). The maximum absolute atomic E-state index is 13.0. The quantitative estimate of drug-likeness (QED) is 0.0261. The Labute approximate surface area is 513 Å². The molecule has 0 saturated carbocycles. The summed E-state index contributed by atoms with van der Waals surface area (Å²) in [7, 11) is 0. The van der Waals surface area contributed by atoms with Crippen molar-refractivity contribution < 1.29 is 28.6 Å². The Morgan fingerprint density at radius 2 is 0.470 bits per heavy atom. The van der Waals surface area contributed by atoms with Crippen molar-refractivity contribution in [3.63, 3.8) is 0 Å². The Morgan fingerprint density at radius 3 is 0.735 bits per heavy atom. The van der Waals surface area contributed by atoms with Crippen LogP contribution >= 0.6 is 0 Å². The molecule has 0 aliphatic heterocycles. The number of allylic oxidation sites excluding steroid dienone is 20. The highest BCUT2D eigenvalue weighted by atomic mass is 16.6. The summed E-state index contributed by atoms with van der Waals surface area (Å²) in [5.74, 6) is -0.898. The molecule has 0 N–H and O–H groups in total. The van der Waals surface area contributed by atoms with Gasteiger partial charge in [0, 0.05) is 19.3 Å². The predicted octanol–water partition coefficient (Wildman–Crippen LogP) is 24.3. The molecule has 0 aromatic heterocycles. The minimum absolute atomic E-state index is 0.0871. The van der Waals surface area contributed by atoms with Gasteiger partial charge in [-0.1, -0.05) is 296 Å². The first-order chi connectivity index (χ1) is 41.0. The summed E-state index contributed by atoms with van der Waals surface area (Å²) in [6.07, 6.45) is 97.8. The van der Waals surface area contributed by atoms with Gasteiger partial charge in [-0.25, -0.2) is 0 Å². The Bertz CT molecular complexity index is 1700. The van der Waals surface area contributed by atoms with Crippen molar-refractivity contribution in [2.24, 2.45) is 0 Å². The monoisotopic (exact) mass is 1150 g/mol. The van der Waals surface area contributed by atoms with E-state index in [0.717, 1.165) is 128 Å². The number of unbranched alkanes of at least 4 members (excludes halogenated alkanes) is 32. The van der Waals surface area contributed by atoms with Crippen LogP contribution in [-0.4, -0.2) is 37.2 Å². The van der Waals surface area contributed by atoms with Crippen LogP contribution in [0.15, 0.2) is 122 Å². The number of hydrogen-bond donors (Lipinski definition) is 0. The van der Waals surface area contributed by atoms with Gasteiger partial charge in [0.1, 0.15) is 13.2 Å². The summed E-state index contributed by atoms with van der Waals surface area (Å²) in [5.41, 5.74) is 0. The Hall–Kier alpha value is -4.19. The van der Waals surface area contributed by atoms with Gasteiger partial charge in [0.15, 0.2) is 6.10 Å². The smallest absolute Gasteiger partial charge is 0.306 e. The van der Waals surface area contributed by atoms with Gasteiger partial charge in [-0.15, -0.1) is 0 Å². The Morgan fingerprint density at radius 1 is 0.253 bits per heavy atom. The van der Waals surface area contributed by atoms with Crippen molar-refractivity contribution in [2.45, 2.75) is 335 Å². The van der Waals surface area contributed by atoms with E-state index in [4.69, 9.17) is 14.2 Å². The van der Waals surface area contributed by atoms with Gasteiger partial charge in [-0.05, 0) is 135 Å². The first-order valence-electron chi connectivity index (χ1n) is 35.0. The highest BCUT2D eigenvalue weighted by Gasteiger charge is 2.19. The lowest BCUT2D eigenvalue weighted by Crippen LogP contribution is -2.30. The van der Waals surface area contributed by atoms with E-state index in [0.29, 0.717) is 19.3 Å². The minimum Gasteiger partial charge on any atom is -0.462 e. The zero-order valence-electron chi connectivity index (χ0n) is 54.4. The van der Waals surface area contributed by atoms with Gasteiger partial charge in [0.05, 0.1) is 0 Å². The zero-order valence-corrected chi connectivity index (χ0v) is 54.4. The highest BCUT2D eigenvalue weighted by molar-refractivity contribution is 5.71. The summed E-state index contributed by atoms with van der Waals surface area (Å²) in [4.78, 5) is 38.5. The molecule has 0 saturated heterocycles. The highest BCUT2D eigenvalue weighted by Crippen LogP contribution is 2.16. The Kier molecular flexibility index (Phi) is 66.7. The average molecular weight is 1150 g/mol. The molecule has 0 fully saturated rings. The van der Waals surface area contributed by atoms with Crippen LogP contribution in [0, 0.1) is 0 Å². The molecule has 474 valence electrons. The fraction of sp³-hybridized carbons (Fsp3) is 0.701. The third kappa shape index (κ3) is 68.5. The Balaban J connectivity index is 4.35. The summed E-state index contributed by atoms with van der Waals surface area (Å²) < 4.78 is 17.0. The fourth-order valence-corrected chi connectivity index (χ4v) is 9.68. The van der Waals surface area contributed by atoms with E-state index in [9.17, 15) is 14.4 Å². The standard InChI is InChI=1S/C77H130O6/c1-4-7-10-13-16-19-22-25-28-31-33-34-35-36-37-38-39-40-41-42-44-46-49-52-55-58-61-64-67-70-76(79)82-73-74(72-81-75(78)69-66-63-60-57-54-51-48-45-30-27-24-21-18-15-12-9-6-3)83-77(80)71-68-65-62-59-56-53-50-47-43-32-29-26-23-20-17-14-11-8-5-2/h7,10,16-21,25-30,33-34,36-37,43,47,74H,4-6,8-9,11-15,22-24,31-32,35,38-42,44-46,48-73H2,1-3H3/b10-7-,19-16-,20-17-,21-18-,28-25-,29-26-,30-27-,34-33-,37-36-,47-43-. The van der Waals surface area contributed by atoms with Crippen LogP contribution in [-0.2, 0) is 28.6 Å². The molecule has 0 aliphatic rings. The number of hydrogen-bond acceptors (Lipinski definition) is 6. The van der Waals surface area contributed by atoms with Gasteiger partial charge in [-0.3, -0.25) is 14.4 Å². The van der Waals surface area contributed by atoms with Gasteiger partial charge in [0.25, 0.3) is 0 Å². The van der Waals surface area contributed by atoms with Crippen molar-refractivity contribution in [3.8, 4) is 0 Å². The number of rotatable bonds is 63. The number of esters is 3. The van der Waals surface area contributed by atoms with Crippen molar-refractivity contribution in [2.75, 3.05) is 13.2 Å². The normalized spacial score (nSPS) is 12.9. The van der Waals surface area contributed by atoms with Crippen LogP contribution in [0.5, 0.6) is 0 Å². The van der Waals surface area contributed by atoms with Gasteiger partial charge in [0.2, 0.25) is 0 Å². The lowest BCUT2D eigenvalue weighted by Gasteiger charge is -2.18. The summed E-state index contributed by atoms with van der Waals surface area (Å²) in [6.45, 7) is 6.49. The molecule has 1 unspecified atom stereocenters. The van der Waals surface area contributed by atoms with E-state index in [-0.39, 0.29) is 31.1 Å². The van der Waals surface area contributed by atoms with Crippen LogP contribution in [0.25, 0.3) is 0 Å². The third-order valence-electron chi connectivity index (χ3n) is 14.9. The van der Waals surface area contributed by atoms with Crippen LogP contribution in [0.1, 0.15) is 329 Å². The number of ether oxygens (including phenoxy) is 3. The van der Waals surface area contributed by atoms with E-state index in [1.54, 1.807) is 0 Å². The molecule has 0 aromatic rings. The lowest BCUT2D eigenvalue weighted by molar-refractivity contribution is -0.167. The van der Waals surface area contributed by atoms with E-state index in [1.807, 2.05) is 0 Å². The number of carbonyl (C=O) groups excluding carboxylic acids is 3. The molecule has 83 heavy (non-hydrogen) atoms. The van der Waals surface area contributed by atoms with E-state index >= 15 is 0 Å². The molecular weight excluding hydrogens is 1020 g/mol. The van der Waals surface area contributed by atoms with Gasteiger partial charge < -0.3 is 14.2 Å². The molecular formula is C77H130O6. The van der Waals surface area contributed by atoms with Gasteiger partial charge in [-0.2, -0.15) is 0 Å². The molecule has 6 heteroatoms. The molecule has 6 nitrogen and oxygen atoms in total. The lowest BCUT2D eigenvalue weighted by atomic mass is 10.0. The third-order valence-corrected chi connectivity index (χ3v) is 14.9. The van der Waals surface area contributed by atoms with E-state index in [2.05, 4.69) is 142 Å². The van der Waals surface area contributed by atoms with Crippen molar-refractivity contribution in [1.29, 1.82) is 0 Å². The molecule has 0 radical (unpaired) electrons. The van der Waals surface area contributed by atoms with Crippen molar-refractivity contribution >= 4 is 17.9 Å². The van der Waals surface area contributed by atoms with Crippen LogP contribution in [0.2, 0.25) is 0 Å². The second-order valence-corrected chi connectivity index (χ2v) is 23.1. The van der Waals surface area contributed by atoms with Crippen LogP contribution in [0.4, 0.5) is 0 Å². The van der Waals surface area contributed by atoms with Crippen LogP contribution in [0.3, 0.4) is 0 Å². The molecule has 0 bridgehead atoms. The van der Waals surface area contributed by atoms with Gasteiger partial charge >= 0.3 is 17.9 Å². The second kappa shape index (κ2) is 70.3. The number of carbonyl (C=O) groups is 3. The predicted molar refractivity (Wildman–Crippen MR) is 362 cm³/mol. The summed E-state index contributed by atoms with van der Waals surface area (Å²) in [6, 6.07) is 0.